The van der Waals surface area contributed by atoms with E-state index in [1.54, 1.807) is 13.2 Å². The van der Waals surface area contributed by atoms with E-state index in [2.05, 4.69) is 21.6 Å². The first-order valence-corrected chi connectivity index (χ1v) is 8.37. The minimum Gasteiger partial charge on any atom is -0.496 e. The van der Waals surface area contributed by atoms with Crippen LogP contribution in [-0.4, -0.2) is 29.3 Å². The molecule has 0 fully saturated rings. The van der Waals surface area contributed by atoms with Crippen LogP contribution in [-0.2, 0) is 0 Å². The minimum absolute atomic E-state index is 0.0517. The van der Waals surface area contributed by atoms with Gasteiger partial charge < -0.3 is 10.1 Å². The summed E-state index contributed by atoms with van der Waals surface area (Å²) in [4.78, 5) is 12.5. The second-order valence-corrected chi connectivity index (χ2v) is 6.09. The van der Waals surface area contributed by atoms with Gasteiger partial charge in [-0.1, -0.05) is 23.8 Å². The monoisotopic (exact) mass is 325 g/mol. The number of allylic oxidation sites excluding steroid dienone is 1. The molecule has 2 N–H and O–H groups in total. The Kier molecular flexibility index (Phi) is 4.99. The van der Waals surface area contributed by atoms with Crippen molar-refractivity contribution in [1.82, 2.24) is 15.5 Å². The van der Waals surface area contributed by atoms with E-state index in [1.165, 1.54) is 18.4 Å². The van der Waals surface area contributed by atoms with Crippen molar-refractivity contribution < 1.29 is 9.53 Å². The van der Waals surface area contributed by atoms with Crippen LogP contribution in [0.25, 0.3) is 11.3 Å². The first-order chi connectivity index (χ1) is 11.7. The molecule has 0 saturated heterocycles. The van der Waals surface area contributed by atoms with Gasteiger partial charge in [0.25, 0.3) is 5.91 Å². The third-order valence-electron chi connectivity index (χ3n) is 4.44. The zero-order valence-corrected chi connectivity index (χ0v) is 14.1. The number of methoxy groups -OCH3 is 1. The number of aromatic nitrogens is 2. The van der Waals surface area contributed by atoms with Crippen LogP contribution in [0.1, 0.15) is 43.1 Å². The molecule has 0 radical (unpaired) electrons. The fourth-order valence-electron chi connectivity index (χ4n) is 3.06. The molecule has 1 heterocycles. The van der Waals surface area contributed by atoms with Crippen LogP contribution in [0.5, 0.6) is 5.75 Å². The Morgan fingerprint density at radius 1 is 1.33 bits per heavy atom. The van der Waals surface area contributed by atoms with E-state index in [-0.39, 0.29) is 11.9 Å². The van der Waals surface area contributed by atoms with Crippen molar-refractivity contribution in [3.63, 3.8) is 0 Å². The van der Waals surface area contributed by atoms with Gasteiger partial charge in [0.1, 0.15) is 11.4 Å². The number of H-pyrrole nitrogens is 1. The Bertz CT molecular complexity index is 749. The number of carbonyl (C=O) groups excluding carboxylic acids is 1. The van der Waals surface area contributed by atoms with Gasteiger partial charge in [0.15, 0.2) is 0 Å². The highest BCUT2D eigenvalue weighted by Gasteiger charge is 2.18. The summed E-state index contributed by atoms with van der Waals surface area (Å²) >= 11 is 0. The zero-order chi connectivity index (χ0) is 16.9. The standard InChI is InChI=1S/C19H23N3O2/c1-13(14-8-4-3-5-9-14)20-19(23)17-12-16(21-22-17)15-10-6-7-11-18(15)24-2/h6-8,10-13H,3-5,9H2,1-2H3,(H,20,23)(H,21,22)/t13-/m1/s1. The largest absolute Gasteiger partial charge is 0.496 e. The summed E-state index contributed by atoms with van der Waals surface area (Å²) < 4.78 is 5.35. The number of aromatic amines is 1. The van der Waals surface area contributed by atoms with Crippen molar-refractivity contribution >= 4 is 5.91 Å². The fourth-order valence-corrected chi connectivity index (χ4v) is 3.06. The first-order valence-electron chi connectivity index (χ1n) is 8.37. The topological polar surface area (TPSA) is 67.0 Å². The number of nitrogens with one attached hydrogen (secondary N) is 2. The van der Waals surface area contributed by atoms with Gasteiger partial charge in [-0.15, -0.1) is 0 Å². The molecule has 1 amide bonds. The summed E-state index contributed by atoms with van der Waals surface area (Å²) in [5.74, 6) is 0.597. The van der Waals surface area contributed by atoms with Crippen molar-refractivity contribution in [3.05, 3.63) is 47.7 Å². The SMILES string of the molecule is COc1ccccc1-c1cc(C(=O)N[C@H](C)C2=CCCCC2)[nH]n1. The third kappa shape index (κ3) is 3.50. The molecule has 2 aromatic rings. The molecule has 0 spiro atoms. The first kappa shape index (κ1) is 16.3. The molecular formula is C19H23N3O2. The van der Waals surface area contributed by atoms with E-state index in [0.29, 0.717) is 11.4 Å². The lowest BCUT2D eigenvalue weighted by Crippen LogP contribution is -2.34. The van der Waals surface area contributed by atoms with Gasteiger partial charge in [-0.2, -0.15) is 5.10 Å². The highest BCUT2D eigenvalue weighted by atomic mass is 16.5. The maximum atomic E-state index is 12.5. The van der Waals surface area contributed by atoms with Gasteiger partial charge in [-0.25, -0.2) is 0 Å². The Morgan fingerprint density at radius 2 is 2.17 bits per heavy atom. The number of para-hydroxylation sites is 1. The number of hydrogen-bond acceptors (Lipinski definition) is 3. The molecule has 5 nitrogen and oxygen atoms in total. The molecule has 0 saturated carbocycles. The molecule has 1 aromatic heterocycles. The van der Waals surface area contributed by atoms with E-state index in [0.717, 1.165) is 24.2 Å². The Labute approximate surface area is 142 Å². The number of amides is 1. The van der Waals surface area contributed by atoms with Crippen LogP contribution < -0.4 is 10.1 Å². The van der Waals surface area contributed by atoms with Gasteiger partial charge >= 0.3 is 0 Å². The second-order valence-electron chi connectivity index (χ2n) is 6.09. The molecule has 1 aliphatic carbocycles. The molecular weight excluding hydrogens is 302 g/mol. The quantitative estimate of drug-likeness (QED) is 0.824. The summed E-state index contributed by atoms with van der Waals surface area (Å²) in [6.45, 7) is 2.03. The molecule has 0 aliphatic heterocycles. The number of carbonyl (C=O) groups is 1. The van der Waals surface area contributed by atoms with Crippen LogP contribution in [0, 0.1) is 0 Å². The van der Waals surface area contributed by atoms with Crippen LogP contribution in [0.3, 0.4) is 0 Å². The number of hydrogen-bond donors (Lipinski definition) is 2. The molecule has 5 heteroatoms. The number of benzene rings is 1. The molecule has 1 atom stereocenters. The average Bonchev–Trinajstić information content (AvgIpc) is 3.12. The van der Waals surface area contributed by atoms with E-state index < -0.39 is 0 Å². The van der Waals surface area contributed by atoms with Crippen LogP contribution in [0.2, 0.25) is 0 Å². The van der Waals surface area contributed by atoms with E-state index in [1.807, 2.05) is 31.2 Å². The Morgan fingerprint density at radius 3 is 2.92 bits per heavy atom. The van der Waals surface area contributed by atoms with E-state index >= 15 is 0 Å². The van der Waals surface area contributed by atoms with Crippen LogP contribution in [0.15, 0.2) is 42.0 Å². The zero-order valence-electron chi connectivity index (χ0n) is 14.1. The summed E-state index contributed by atoms with van der Waals surface area (Å²) in [5, 5.41) is 10.1. The molecule has 126 valence electrons. The lowest BCUT2D eigenvalue weighted by Gasteiger charge is -2.20. The minimum atomic E-state index is -0.136. The van der Waals surface area contributed by atoms with Crippen molar-refractivity contribution in [3.8, 4) is 17.0 Å². The maximum absolute atomic E-state index is 12.5. The molecule has 0 bridgehead atoms. The predicted octanol–water partition coefficient (Wildman–Crippen LogP) is 3.70. The lowest BCUT2D eigenvalue weighted by molar-refractivity contribution is 0.0939. The highest BCUT2D eigenvalue weighted by Crippen LogP contribution is 2.28. The van der Waals surface area contributed by atoms with Gasteiger partial charge in [-0.05, 0) is 50.8 Å². The molecule has 3 rings (SSSR count). The Balaban J connectivity index is 1.73. The Hall–Kier alpha value is -2.56. The smallest absolute Gasteiger partial charge is 0.269 e. The average molecular weight is 325 g/mol. The van der Waals surface area contributed by atoms with Gasteiger partial charge in [0.05, 0.1) is 12.8 Å². The number of ether oxygens (including phenoxy) is 1. The van der Waals surface area contributed by atoms with Gasteiger partial charge in [0, 0.05) is 11.6 Å². The van der Waals surface area contributed by atoms with Crippen LogP contribution >= 0.6 is 0 Å². The fraction of sp³-hybridized carbons (Fsp3) is 0.368. The molecule has 24 heavy (non-hydrogen) atoms. The highest BCUT2D eigenvalue weighted by molar-refractivity contribution is 5.93. The van der Waals surface area contributed by atoms with E-state index in [9.17, 15) is 4.79 Å². The summed E-state index contributed by atoms with van der Waals surface area (Å²) in [6, 6.07) is 9.44. The normalized spacial score (nSPS) is 15.5. The maximum Gasteiger partial charge on any atom is 0.269 e. The van der Waals surface area contributed by atoms with Gasteiger partial charge in [-0.3, -0.25) is 9.89 Å². The van der Waals surface area contributed by atoms with Gasteiger partial charge in [0.2, 0.25) is 0 Å². The summed E-state index contributed by atoms with van der Waals surface area (Å²) in [6.07, 6.45) is 6.87. The summed E-state index contributed by atoms with van der Waals surface area (Å²) in [5.41, 5.74) is 3.33. The summed E-state index contributed by atoms with van der Waals surface area (Å²) in [7, 11) is 1.62. The predicted molar refractivity (Wildman–Crippen MR) is 94.1 cm³/mol. The molecule has 1 aliphatic rings. The van der Waals surface area contributed by atoms with Crippen molar-refractivity contribution in [2.45, 2.75) is 38.6 Å². The third-order valence-corrected chi connectivity index (χ3v) is 4.44. The molecule has 1 aromatic carbocycles. The number of nitrogens with zero attached hydrogens (tertiary/aromatic N) is 1. The van der Waals surface area contributed by atoms with E-state index in [4.69, 9.17) is 4.74 Å². The van der Waals surface area contributed by atoms with Crippen molar-refractivity contribution in [1.29, 1.82) is 0 Å². The van der Waals surface area contributed by atoms with Crippen LogP contribution in [0.4, 0.5) is 0 Å². The molecule has 0 unspecified atom stereocenters. The second kappa shape index (κ2) is 7.34. The van der Waals surface area contributed by atoms with Crippen molar-refractivity contribution in [2.24, 2.45) is 0 Å². The van der Waals surface area contributed by atoms with Crippen molar-refractivity contribution in [2.75, 3.05) is 7.11 Å². The number of rotatable bonds is 5. The lowest BCUT2D eigenvalue weighted by atomic mass is 9.95.